The number of hydrogen-bond donors (Lipinski definition) is 1. The van der Waals surface area contributed by atoms with Crippen LogP contribution in [0.4, 0.5) is 10.5 Å². The highest BCUT2D eigenvalue weighted by Gasteiger charge is 2.65. The number of para-hydroxylation sites is 1. The maximum Gasteiger partial charge on any atom is 0.419 e. The largest absolute Gasteiger partial charge is 0.443 e. The number of nitro groups is 1. The van der Waals surface area contributed by atoms with Crippen LogP contribution in [0.3, 0.4) is 0 Å². The smallest absolute Gasteiger partial charge is 0.419 e. The third-order valence-corrected chi connectivity index (χ3v) is 9.51. The summed E-state index contributed by atoms with van der Waals surface area (Å²) in [4.78, 5) is 23.4. The minimum atomic E-state index is -4.13. The van der Waals surface area contributed by atoms with Gasteiger partial charge in [0.05, 0.1) is 34.1 Å². The van der Waals surface area contributed by atoms with E-state index in [4.69, 9.17) is 9.47 Å². The number of nitrogens with zero attached hydrogens (tertiary/aromatic N) is 3. The molecule has 1 saturated heterocycles. The fourth-order valence-corrected chi connectivity index (χ4v) is 7.36. The standard InChI is InChI=1S/C28H33N3O8S/c1-27(2,3)39-26(33)29-17-19(22-7-4-5-8-23(22)29)15-16-30(24-9-6-10-25-28(24,18-32)38-25)40(36,37)21-13-11-20(12-14-21)31(34)35/h4-5,7-8,11-14,17,24-25,32H,6,9-10,15-16,18H2,1-3H3/t24-,25-,28+/m0/s1. The quantitative estimate of drug-likeness (QED) is 0.240. The molecule has 11 nitrogen and oxygen atoms in total. The molecule has 2 aromatic carbocycles. The normalized spacial score (nSPS) is 22.7. The number of carbonyl (C=O) groups is 1. The molecule has 2 heterocycles. The van der Waals surface area contributed by atoms with Gasteiger partial charge in [-0.3, -0.25) is 14.7 Å². The van der Waals surface area contributed by atoms with Crippen molar-refractivity contribution >= 4 is 32.7 Å². The second-order valence-electron chi connectivity index (χ2n) is 11.3. The number of fused-ring (bicyclic) bond motifs is 2. The lowest BCUT2D eigenvalue weighted by Gasteiger charge is -2.36. The maximum atomic E-state index is 14.0. The summed E-state index contributed by atoms with van der Waals surface area (Å²) in [6, 6.07) is 11.5. The second kappa shape index (κ2) is 10.3. The van der Waals surface area contributed by atoms with Crippen LogP contribution in [0.25, 0.3) is 10.9 Å². The Morgan fingerprint density at radius 1 is 1.20 bits per heavy atom. The van der Waals surface area contributed by atoms with E-state index in [2.05, 4.69) is 0 Å². The molecule has 3 atom stereocenters. The molecule has 40 heavy (non-hydrogen) atoms. The SMILES string of the molecule is CC(C)(C)OC(=O)n1cc(CCN([C@H]2CCC[C@@H]3O[C@@]32CO)S(=O)(=O)c2ccc([N+](=O)[O-])cc2)c2ccccc21. The van der Waals surface area contributed by atoms with E-state index in [0.717, 1.165) is 23.8 Å². The van der Waals surface area contributed by atoms with Crippen LogP contribution in [-0.2, 0) is 25.9 Å². The summed E-state index contributed by atoms with van der Waals surface area (Å²) in [6.07, 6.45) is 3.17. The zero-order valence-corrected chi connectivity index (χ0v) is 23.5. The van der Waals surface area contributed by atoms with Crippen LogP contribution < -0.4 is 0 Å². The molecule has 0 radical (unpaired) electrons. The maximum absolute atomic E-state index is 14.0. The average molecular weight is 572 g/mol. The van der Waals surface area contributed by atoms with Gasteiger partial charge in [0.1, 0.15) is 11.2 Å². The molecule has 214 valence electrons. The Morgan fingerprint density at radius 2 is 1.90 bits per heavy atom. The molecule has 1 N–H and O–H groups in total. The minimum Gasteiger partial charge on any atom is -0.443 e. The molecule has 0 amide bonds. The topological polar surface area (TPSA) is 145 Å². The second-order valence-corrected chi connectivity index (χ2v) is 13.2. The minimum absolute atomic E-state index is 0.0458. The number of aromatic nitrogens is 1. The fourth-order valence-electron chi connectivity index (χ4n) is 5.66. The van der Waals surface area contributed by atoms with E-state index in [9.17, 15) is 28.4 Å². The highest BCUT2D eigenvalue weighted by atomic mass is 32.2. The summed E-state index contributed by atoms with van der Waals surface area (Å²) in [5.41, 5.74) is -0.482. The Kier molecular flexibility index (Phi) is 7.24. The summed E-state index contributed by atoms with van der Waals surface area (Å²) < 4.78 is 42.3. The van der Waals surface area contributed by atoms with Gasteiger partial charge < -0.3 is 14.6 Å². The zero-order chi connectivity index (χ0) is 28.9. The van der Waals surface area contributed by atoms with Gasteiger partial charge in [-0.15, -0.1) is 0 Å². The molecule has 1 aliphatic carbocycles. The first-order valence-corrected chi connectivity index (χ1v) is 14.7. The van der Waals surface area contributed by atoms with Crippen LogP contribution in [-0.4, -0.2) is 69.9 Å². The van der Waals surface area contributed by atoms with Crippen LogP contribution >= 0.6 is 0 Å². The number of carbonyl (C=O) groups excluding carboxylic acids is 1. The molecule has 0 unspecified atom stereocenters. The van der Waals surface area contributed by atoms with Crippen molar-refractivity contribution in [2.24, 2.45) is 0 Å². The number of benzene rings is 2. The van der Waals surface area contributed by atoms with Crippen LogP contribution in [0, 0.1) is 10.1 Å². The van der Waals surface area contributed by atoms with Crippen LogP contribution in [0.1, 0.15) is 45.6 Å². The lowest BCUT2D eigenvalue weighted by molar-refractivity contribution is -0.384. The molecule has 1 saturated carbocycles. The van der Waals surface area contributed by atoms with E-state index in [1.165, 1.54) is 33.1 Å². The molecule has 12 heteroatoms. The van der Waals surface area contributed by atoms with Gasteiger partial charge in [-0.05, 0) is 70.2 Å². The van der Waals surface area contributed by atoms with E-state index in [0.29, 0.717) is 11.9 Å². The van der Waals surface area contributed by atoms with Crippen molar-refractivity contribution in [2.45, 2.75) is 74.7 Å². The fraction of sp³-hybridized carbons (Fsp3) is 0.464. The molecule has 5 rings (SSSR count). The van der Waals surface area contributed by atoms with Gasteiger partial charge in [-0.25, -0.2) is 13.2 Å². The summed E-state index contributed by atoms with van der Waals surface area (Å²) >= 11 is 0. The van der Waals surface area contributed by atoms with E-state index < -0.39 is 38.3 Å². The monoisotopic (exact) mass is 571 g/mol. The number of hydrogen-bond acceptors (Lipinski definition) is 8. The van der Waals surface area contributed by atoms with Crippen molar-refractivity contribution < 1.29 is 32.7 Å². The van der Waals surface area contributed by atoms with E-state index in [1.807, 2.05) is 18.2 Å². The third-order valence-electron chi connectivity index (χ3n) is 7.59. The van der Waals surface area contributed by atoms with Gasteiger partial charge >= 0.3 is 6.09 Å². The number of nitro benzene ring substituents is 1. The summed E-state index contributed by atoms with van der Waals surface area (Å²) in [6.45, 7) is 5.09. The van der Waals surface area contributed by atoms with Crippen molar-refractivity contribution in [3.05, 3.63) is 70.4 Å². The first kappa shape index (κ1) is 28.2. The van der Waals surface area contributed by atoms with E-state index in [1.54, 1.807) is 33.0 Å². The van der Waals surface area contributed by atoms with Gasteiger partial charge in [0, 0.05) is 30.3 Å². The Bertz CT molecular complexity index is 1540. The van der Waals surface area contributed by atoms with Crippen molar-refractivity contribution in [1.82, 2.24) is 8.87 Å². The Morgan fingerprint density at radius 3 is 2.55 bits per heavy atom. The van der Waals surface area contributed by atoms with Gasteiger partial charge in [-0.2, -0.15) is 4.31 Å². The van der Waals surface area contributed by atoms with Gasteiger partial charge in [0.15, 0.2) is 0 Å². The Hall–Kier alpha value is -3.32. The summed E-state index contributed by atoms with van der Waals surface area (Å²) in [5.74, 6) is 0. The first-order valence-electron chi connectivity index (χ1n) is 13.2. The predicted octanol–water partition coefficient (Wildman–Crippen LogP) is 4.25. The number of aliphatic hydroxyl groups excluding tert-OH is 1. The predicted molar refractivity (Wildman–Crippen MR) is 147 cm³/mol. The number of epoxide rings is 1. The van der Waals surface area contributed by atoms with Crippen molar-refractivity contribution in [3.8, 4) is 0 Å². The number of aliphatic hydroxyl groups is 1. The number of rotatable bonds is 8. The van der Waals surface area contributed by atoms with Crippen molar-refractivity contribution in [1.29, 1.82) is 0 Å². The van der Waals surface area contributed by atoms with Crippen LogP contribution in [0.5, 0.6) is 0 Å². The van der Waals surface area contributed by atoms with Gasteiger partial charge in [-0.1, -0.05) is 18.2 Å². The number of ether oxygens (including phenoxy) is 2. The molecular formula is C28H33N3O8S. The molecule has 2 aliphatic rings. The molecule has 2 fully saturated rings. The third kappa shape index (κ3) is 5.12. The zero-order valence-electron chi connectivity index (χ0n) is 22.6. The Balaban J connectivity index is 1.51. The van der Waals surface area contributed by atoms with Crippen molar-refractivity contribution in [2.75, 3.05) is 13.2 Å². The molecule has 0 spiro atoms. The summed E-state index contributed by atoms with van der Waals surface area (Å²) in [5, 5.41) is 22.2. The van der Waals surface area contributed by atoms with E-state index in [-0.39, 0.29) is 36.3 Å². The molecule has 1 aromatic heterocycles. The highest BCUT2D eigenvalue weighted by Crippen LogP contribution is 2.50. The van der Waals surface area contributed by atoms with Gasteiger partial charge in [0.25, 0.3) is 5.69 Å². The molecule has 3 aromatic rings. The Labute approximate surface area is 232 Å². The number of sulfonamides is 1. The average Bonchev–Trinajstić information content (AvgIpc) is 3.54. The van der Waals surface area contributed by atoms with Gasteiger partial charge in [0.2, 0.25) is 10.0 Å². The molecule has 0 bridgehead atoms. The highest BCUT2D eigenvalue weighted by molar-refractivity contribution is 7.89. The first-order chi connectivity index (χ1) is 18.9. The lowest BCUT2D eigenvalue weighted by Crippen LogP contribution is -2.53. The molecule has 1 aliphatic heterocycles. The molecular weight excluding hydrogens is 538 g/mol. The number of non-ortho nitro benzene ring substituents is 1. The van der Waals surface area contributed by atoms with Crippen molar-refractivity contribution in [3.63, 3.8) is 0 Å². The van der Waals surface area contributed by atoms with Crippen LogP contribution in [0.2, 0.25) is 0 Å². The lowest BCUT2D eigenvalue weighted by atomic mass is 9.84. The van der Waals surface area contributed by atoms with Crippen LogP contribution in [0.15, 0.2) is 59.6 Å². The summed E-state index contributed by atoms with van der Waals surface area (Å²) in [7, 11) is -4.13. The van der Waals surface area contributed by atoms with E-state index >= 15 is 0 Å².